The Morgan fingerprint density at radius 2 is 2.08 bits per heavy atom. The first kappa shape index (κ1) is 9.13. The average molecular weight is 181 g/mol. The highest BCUT2D eigenvalue weighted by atomic mass is 32.2. The minimum atomic E-state index is -0.302. The zero-order chi connectivity index (χ0) is 8.81. The van der Waals surface area contributed by atoms with Gasteiger partial charge in [0, 0.05) is 4.90 Å². The van der Waals surface area contributed by atoms with E-state index in [9.17, 15) is 4.79 Å². The number of rotatable bonds is 2. The zero-order valence-electron chi connectivity index (χ0n) is 6.69. The molecule has 0 atom stereocenters. The molecular weight excluding hydrogens is 172 g/mol. The van der Waals surface area contributed by atoms with Crippen molar-refractivity contribution in [2.45, 2.75) is 11.8 Å². The first-order valence-corrected chi connectivity index (χ1v) is 4.36. The normalized spacial score (nSPS) is 9.42. The highest BCUT2D eigenvalue weighted by molar-refractivity contribution is 8.13. The van der Waals surface area contributed by atoms with Gasteiger partial charge in [-0.1, -0.05) is 18.2 Å². The van der Waals surface area contributed by atoms with E-state index in [0.29, 0.717) is 0 Å². The first-order chi connectivity index (χ1) is 5.83. The van der Waals surface area contributed by atoms with Crippen LogP contribution in [-0.4, -0.2) is 5.30 Å². The van der Waals surface area contributed by atoms with Gasteiger partial charge in [-0.3, -0.25) is 0 Å². The summed E-state index contributed by atoms with van der Waals surface area (Å²) in [6, 6.07) is 9.39. The molecule has 0 N–H and O–H groups in total. The minimum Gasteiger partial charge on any atom is -0.450 e. The number of thioether (sulfide) groups is 1. The van der Waals surface area contributed by atoms with Crippen LogP contribution in [-0.2, 0) is 4.74 Å². The summed E-state index contributed by atoms with van der Waals surface area (Å²) in [5.74, 6) is 0. The molecule has 1 radical (unpaired) electrons. The summed E-state index contributed by atoms with van der Waals surface area (Å²) in [6.07, 6.45) is 0. The molecule has 12 heavy (non-hydrogen) atoms. The molecule has 0 saturated heterocycles. The summed E-state index contributed by atoms with van der Waals surface area (Å²) in [5.41, 5.74) is 0. The van der Waals surface area contributed by atoms with Gasteiger partial charge in [0.05, 0.1) is 0 Å². The summed E-state index contributed by atoms with van der Waals surface area (Å²) in [6.45, 7) is 3.04. The van der Waals surface area contributed by atoms with Gasteiger partial charge in [0.15, 0.2) is 0 Å². The van der Waals surface area contributed by atoms with E-state index in [0.717, 1.165) is 16.7 Å². The molecule has 0 aromatic heterocycles. The second-order valence-electron chi connectivity index (χ2n) is 2.02. The van der Waals surface area contributed by atoms with Crippen LogP contribution in [0.25, 0.3) is 0 Å². The van der Waals surface area contributed by atoms with Crippen LogP contribution in [0.1, 0.15) is 6.92 Å². The van der Waals surface area contributed by atoms with Crippen LogP contribution in [0.4, 0.5) is 4.79 Å². The Morgan fingerprint density at radius 3 is 2.67 bits per heavy atom. The van der Waals surface area contributed by atoms with Crippen LogP contribution in [0.3, 0.4) is 0 Å². The van der Waals surface area contributed by atoms with Gasteiger partial charge in [-0.25, -0.2) is 4.79 Å². The van der Waals surface area contributed by atoms with Crippen molar-refractivity contribution in [3.8, 4) is 0 Å². The van der Waals surface area contributed by atoms with E-state index in [4.69, 9.17) is 0 Å². The molecule has 1 rings (SSSR count). The van der Waals surface area contributed by atoms with Gasteiger partial charge < -0.3 is 4.74 Å². The van der Waals surface area contributed by atoms with Crippen molar-refractivity contribution in [1.29, 1.82) is 0 Å². The van der Waals surface area contributed by atoms with E-state index < -0.39 is 0 Å². The molecule has 63 valence electrons. The van der Waals surface area contributed by atoms with Crippen LogP contribution in [0.15, 0.2) is 35.2 Å². The molecule has 1 aromatic carbocycles. The van der Waals surface area contributed by atoms with Crippen molar-refractivity contribution < 1.29 is 9.53 Å². The molecule has 0 spiro atoms. The lowest BCUT2D eigenvalue weighted by molar-refractivity contribution is 0.202. The first-order valence-electron chi connectivity index (χ1n) is 3.54. The molecular formula is C9H9O2S. The van der Waals surface area contributed by atoms with Crippen molar-refractivity contribution in [2.75, 3.05) is 0 Å². The van der Waals surface area contributed by atoms with Crippen LogP contribution in [0, 0.1) is 6.61 Å². The maximum atomic E-state index is 10.9. The standard InChI is InChI=1S/C9H9O2S/c1-2-11-9(10)12-8-6-4-3-5-7-8/h2-7H,1H3. The van der Waals surface area contributed by atoms with E-state index in [1.807, 2.05) is 30.3 Å². The molecule has 0 aliphatic rings. The van der Waals surface area contributed by atoms with E-state index in [1.54, 1.807) is 6.92 Å². The number of hydrogen-bond acceptors (Lipinski definition) is 3. The molecule has 0 fully saturated rings. The van der Waals surface area contributed by atoms with Crippen LogP contribution < -0.4 is 0 Å². The maximum Gasteiger partial charge on any atom is 0.372 e. The Balaban J connectivity index is 2.47. The lowest BCUT2D eigenvalue weighted by Crippen LogP contribution is -1.91. The summed E-state index contributed by atoms with van der Waals surface area (Å²) in [5, 5.41) is -0.302. The van der Waals surface area contributed by atoms with Gasteiger partial charge in [0.1, 0.15) is 6.61 Å². The predicted molar refractivity (Wildman–Crippen MR) is 48.8 cm³/mol. The third-order valence-electron chi connectivity index (χ3n) is 1.16. The molecule has 0 aliphatic heterocycles. The third kappa shape index (κ3) is 2.96. The summed E-state index contributed by atoms with van der Waals surface area (Å²) >= 11 is 1.08. The predicted octanol–water partition coefficient (Wildman–Crippen LogP) is 3.10. The van der Waals surface area contributed by atoms with Crippen LogP contribution >= 0.6 is 11.8 Å². The molecule has 0 aliphatic carbocycles. The fourth-order valence-electron chi connectivity index (χ4n) is 0.705. The second-order valence-corrected chi connectivity index (χ2v) is 3.03. The molecule has 0 unspecified atom stereocenters. The zero-order valence-corrected chi connectivity index (χ0v) is 7.51. The molecule has 1 aromatic rings. The lowest BCUT2D eigenvalue weighted by Gasteiger charge is -1.98. The maximum absolute atomic E-state index is 10.9. The second kappa shape index (κ2) is 4.83. The Bertz CT molecular complexity index is 246. The van der Waals surface area contributed by atoms with Gasteiger partial charge >= 0.3 is 5.30 Å². The highest BCUT2D eigenvalue weighted by Crippen LogP contribution is 2.19. The molecule has 0 saturated carbocycles. The molecule has 0 bridgehead atoms. The van der Waals surface area contributed by atoms with E-state index in [1.165, 1.54) is 6.61 Å². The Kier molecular flexibility index (Phi) is 3.67. The van der Waals surface area contributed by atoms with Gasteiger partial charge in [-0.05, 0) is 30.8 Å². The topological polar surface area (TPSA) is 26.3 Å². The van der Waals surface area contributed by atoms with Gasteiger partial charge in [-0.2, -0.15) is 0 Å². The minimum absolute atomic E-state index is 0.302. The summed E-state index contributed by atoms with van der Waals surface area (Å²) in [4.78, 5) is 11.8. The van der Waals surface area contributed by atoms with Crippen molar-refractivity contribution in [3.63, 3.8) is 0 Å². The molecule has 0 amide bonds. The van der Waals surface area contributed by atoms with Crippen molar-refractivity contribution in [3.05, 3.63) is 36.9 Å². The quantitative estimate of drug-likeness (QED) is 0.518. The number of hydrogen-bond donors (Lipinski definition) is 0. The molecule has 0 heterocycles. The van der Waals surface area contributed by atoms with Crippen molar-refractivity contribution in [2.24, 2.45) is 0 Å². The fourth-order valence-corrected chi connectivity index (χ4v) is 1.34. The average Bonchev–Trinajstić information content (AvgIpc) is 2.06. The third-order valence-corrected chi connectivity index (χ3v) is 1.93. The van der Waals surface area contributed by atoms with Gasteiger partial charge in [-0.15, -0.1) is 0 Å². The largest absolute Gasteiger partial charge is 0.450 e. The number of benzene rings is 1. The number of carbonyl (C=O) groups is 1. The number of carbonyl (C=O) groups excluding carboxylic acids is 1. The van der Waals surface area contributed by atoms with Gasteiger partial charge in [0.25, 0.3) is 0 Å². The fraction of sp³-hybridized carbons (Fsp3) is 0.111. The van der Waals surface area contributed by atoms with E-state index >= 15 is 0 Å². The number of ether oxygens (including phenoxy) is 1. The smallest absolute Gasteiger partial charge is 0.372 e. The summed E-state index contributed by atoms with van der Waals surface area (Å²) in [7, 11) is 0. The van der Waals surface area contributed by atoms with E-state index in [-0.39, 0.29) is 5.30 Å². The van der Waals surface area contributed by atoms with Crippen LogP contribution in [0.2, 0.25) is 0 Å². The summed E-state index contributed by atoms with van der Waals surface area (Å²) < 4.78 is 4.64. The van der Waals surface area contributed by atoms with Crippen LogP contribution in [0.5, 0.6) is 0 Å². The van der Waals surface area contributed by atoms with Crippen molar-refractivity contribution >= 4 is 17.1 Å². The Labute approximate surface area is 75.9 Å². The SMILES string of the molecule is C[CH]OC(=O)Sc1ccccc1. The molecule has 3 heteroatoms. The van der Waals surface area contributed by atoms with E-state index in [2.05, 4.69) is 4.74 Å². The monoisotopic (exact) mass is 181 g/mol. The Hall–Kier alpha value is -0.960. The molecule has 2 nitrogen and oxygen atoms in total. The highest BCUT2D eigenvalue weighted by Gasteiger charge is 2.02. The Morgan fingerprint density at radius 1 is 1.42 bits per heavy atom. The lowest BCUT2D eigenvalue weighted by atomic mass is 10.4. The van der Waals surface area contributed by atoms with Gasteiger partial charge in [0.2, 0.25) is 0 Å². The van der Waals surface area contributed by atoms with Crippen molar-refractivity contribution in [1.82, 2.24) is 0 Å².